The van der Waals surface area contributed by atoms with E-state index in [4.69, 9.17) is 5.11 Å². The van der Waals surface area contributed by atoms with Gasteiger partial charge in [-0.3, -0.25) is 0 Å². The molecule has 1 atom stereocenters. The van der Waals surface area contributed by atoms with Gasteiger partial charge in [0.15, 0.2) is 0 Å². The van der Waals surface area contributed by atoms with E-state index in [1.807, 2.05) is 38.2 Å². The van der Waals surface area contributed by atoms with E-state index in [0.717, 1.165) is 12.0 Å². The normalized spacial score (nSPS) is 17.2. The van der Waals surface area contributed by atoms with Crippen molar-refractivity contribution in [3.05, 3.63) is 36.0 Å². The minimum Gasteiger partial charge on any atom is -0.389 e. The number of allylic oxidation sites excluding steroid dienone is 4. The van der Waals surface area contributed by atoms with E-state index in [0.29, 0.717) is 0 Å². The summed E-state index contributed by atoms with van der Waals surface area (Å²) < 4.78 is 0. The molecule has 1 nitrogen and oxygen atoms in total. The quantitative estimate of drug-likeness (QED) is 0.635. The third-order valence-corrected chi connectivity index (χ3v) is 1.51. The monoisotopic (exact) mass is 166 g/mol. The summed E-state index contributed by atoms with van der Waals surface area (Å²) in [6.45, 7) is 5.78. The number of hydrogen-bond acceptors (Lipinski definition) is 1. The van der Waals surface area contributed by atoms with Crippen LogP contribution in [0.4, 0.5) is 0 Å². The van der Waals surface area contributed by atoms with Crippen LogP contribution < -0.4 is 0 Å². The molecule has 0 radical (unpaired) electrons. The number of rotatable bonds is 1. The Balaban J connectivity index is 0.000000561. The van der Waals surface area contributed by atoms with E-state index in [2.05, 4.69) is 6.08 Å². The van der Waals surface area contributed by atoms with Gasteiger partial charge in [0, 0.05) is 0 Å². The first-order chi connectivity index (χ1) is 5.80. The third kappa shape index (κ3) is 4.14. The molecular formula is C11H18O. The van der Waals surface area contributed by atoms with Gasteiger partial charge in [0.25, 0.3) is 0 Å². The molecule has 0 aromatic rings. The van der Waals surface area contributed by atoms with Gasteiger partial charge in [-0.05, 0) is 18.9 Å². The fourth-order valence-corrected chi connectivity index (χ4v) is 0.906. The number of hydrogen-bond donors (Lipinski definition) is 1. The van der Waals surface area contributed by atoms with Crippen molar-refractivity contribution >= 4 is 0 Å². The molecule has 68 valence electrons. The summed E-state index contributed by atoms with van der Waals surface area (Å²) in [4.78, 5) is 0. The standard InChI is InChI=1S/C9H12O.C2H6/c1-8(10)9-6-4-2-3-5-7-9;1-2/h2-4,6-8,10H,5H2,1H3;1-2H3. The van der Waals surface area contributed by atoms with Gasteiger partial charge in [0.2, 0.25) is 0 Å². The van der Waals surface area contributed by atoms with Gasteiger partial charge in [-0.2, -0.15) is 0 Å². The van der Waals surface area contributed by atoms with E-state index in [-0.39, 0.29) is 6.10 Å². The summed E-state index contributed by atoms with van der Waals surface area (Å²) in [5, 5.41) is 9.15. The van der Waals surface area contributed by atoms with Gasteiger partial charge in [-0.15, -0.1) is 0 Å². The topological polar surface area (TPSA) is 20.2 Å². The largest absolute Gasteiger partial charge is 0.389 e. The Hall–Kier alpha value is -0.820. The molecule has 1 aliphatic rings. The molecule has 0 bridgehead atoms. The molecule has 1 rings (SSSR count). The smallest absolute Gasteiger partial charge is 0.0758 e. The fourth-order valence-electron chi connectivity index (χ4n) is 0.906. The van der Waals surface area contributed by atoms with Crippen LogP contribution in [0.1, 0.15) is 27.2 Å². The maximum absolute atomic E-state index is 9.15. The number of aliphatic hydroxyl groups excluding tert-OH is 1. The Morgan fingerprint density at radius 3 is 2.58 bits per heavy atom. The van der Waals surface area contributed by atoms with Crippen LogP contribution in [0, 0.1) is 0 Å². The van der Waals surface area contributed by atoms with E-state index in [1.165, 1.54) is 0 Å². The maximum Gasteiger partial charge on any atom is 0.0758 e. The highest BCUT2D eigenvalue weighted by molar-refractivity contribution is 5.28. The molecule has 1 unspecified atom stereocenters. The van der Waals surface area contributed by atoms with E-state index in [1.54, 1.807) is 6.92 Å². The molecule has 0 fully saturated rings. The van der Waals surface area contributed by atoms with Gasteiger partial charge in [0.05, 0.1) is 6.10 Å². The van der Waals surface area contributed by atoms with Gasteiger partial charge >= 0.3 is 0 Å². The highest BCUT2D eigenvalue weighted by Crippen LogP contribution is 2.08. The molecule has 0 amide bonds. The second-order valence-corrected chi connectivity index (χ2v) is 2.40. The Labute approximate surface area is 75.1 Å². The van der Waals surface area contributed by atoms with E-state index < -0.39 is 0 Å². The zero-order valence-electron chi connectivity index (χ0n) is 8.12. The van der Waals surface area contributed by atoms with Crippen LogP contribution >= 0.6 is 0 Å². The van der Waals surface area contributed by atoms with Crippen LogP contribution in [0.25, 0.3) is 0 Å². The average Bonchev–Trinajstić information content (AvgIpc) is 2.35. The number of aliphatic hydroxyl groups is 1. The molecule has 0 saturated carbocycles. The lowest BCUT2D eigenvalue weighted by atomic mass is 10.1. The van der Waals surface area contributed by atoms with Crippen LogP contribution in [-0.2, 0) is 0 Å². The van der Waals surface area contributed by atoms with Gasteiger partial charge in [-0.1, -0.05) is 44.2 Å². The van der Waals surface area contributed by atoms with Crippen LogP contribution in [0.2, 0.25) is 0 Å². The molecule has 0 aromatic carbocycles. The van der Waals surface area contributed by atoms with E-state index in [9.17, 15) is 0 Å². The molecule has 0 spiro atoms. The summed E-state index contributed by atoms with van der Waals surface area (Å²) in [6.07, 6.45) is 10.6. The predicted molar refractivity (Wildman–Crippen MR) is 54.0 cm³/mol. The highest BCUT2D eigenvalue weighted by Gasteiger charge is 1.99. The zero-order chi connectivity index (χ0) is 9.40. The molecule has 1 heteroatoms. The second kappa shape index (κ2) is 6.86. The van der Waals surface area contributed by atoms with Crippen LogP contribution in [0.15, 0.2) is 36.0 Å². The predicted octanol–water partition coefficient (Wildman–Crippen LogP) is 2.84. The van der Waals surface area contributed by atoms with Gasteiger partial charge < -0.3 is 5.11 Å². The fraction of sp³-hybridized carbons (Fsp3) is 0.455. The Morgan fingerprint density at radius 2 is 2.00 bits per heavy atom. The van der Waals surface area contributed by atoms with Crippen LogP contribution in [0.5, 0.6) is 0 Å². The van der Waals surface area contributed by atoms with Crippen LogP contribution in [0.3, 0.4) is 0 Å². The summed E-state index contributed by atoms with van der Waals surface area (Å²) in [7, 11) is 0. The van der Waals surface area contributed by atoms with Gasteiger partial charge in [-0.25, -0.2) is 0 Å². The van der Waals surface area contributed by atoms with Crippen molar-refractivity contribution < 1.29 is 5.11 Å². The first-order valence-corrected chi connectivity index (χ1v) is 4.52. The van der Waals surface area contributed by atoms with Crippen molar-refractivity contribution in [3.63, 3.8) is 0 Å². The first-order valence-electron chi connectivity index (χ1n) is 4.52. The Kier molecular flexibility index (Phi) is 6.39. The Morgan fingerprint density at radius 1 is 1.33 bits per heavy atom. The molecule has 12 heavy (non-hydrogen) atoms. The molecular weight excluding hydrogens is 148 g/mol. The molecule has 0 saturated heterocycles. The molecule has 0 aromatic heterocycles. The molecule has 0 heterocycles. The zero-order valence-corrected chi connectivity index (χ0v) is 8.12. The summed E-state index contributed by atoms with van der Waals surface area (Å²) in [5.74, 6) is 0. The third-order valence-electron chi connectivity index (χ3n) is 1.51. The Bertz CT molecular complexity index is 185. The van der Waals surface area contributed by atoms with E-state index >= 15 is 0 Å². The van der Waals surface area contributed by atoms with Crippen LogP contribution in [-0.4, -0.2) is 11.2 Å². The summed E-state index contributed by atoms with van der Waals surface area (Å²) >= 11 is 0. The van der Waals surface area contributed by atoms with Crippen molar-refractivity contribution in [1.82, 2.24) is 0 Å². The highest BCUT2D eigenvalue weighted by atomic mass is 16.3. The van der Waals surface area contributed by atoms with Crippen molar-refractivity contribution in [3.8, 4) is 0 Å². The minimum absolute atomic E-state index is 0.337. The molecule has 1 N–H and O–H groups in total. The molecule has 1 aliphatic carbocycles. The first kappa shape index (κ1) is 11.2. The van der Waals surface area contributed by atoms with Crippen molar-refractivity contribution in [2.45, 2.75) is 33.3 Å². The van der Waals surface area contributed by atoms with Crippen molar-refractivity contribution in [2.75, 3.05) is 0 Å². The lowest BCUT2D eigenvalue weighted by molar-refractivity contribution is 0.235. The lowest BCUT2D eigenvalue weighted by Crippen LogP contribution is -2.01. The maximum atomic E-state index is 9.15. The van der Waals surface area contributed by atoms with Gasteiger partial charge in [0.1, 0.15) is 0 Å². The average molecular weight is 166 g/mol. The molecule has 0 aliphatic heterocycles. The second-order valence-electron chi connectivity index (χ2n) is 2.40. The minimum atomic E-state index is -0.337. The van der Waals surface area contributed by atoms with Crippen molar-refractivity contribution in [1.29, 1.82) is 0 Å². The summed E-state index contributed by atoms with van der Waals surface area (Å²) in [5.41, 5.74) is 1.00. The lowest BCUT2D eigenvalue weighted by Gasteiger charge is -2.02. The van der Waals surface area contributed by atoms with Crippen molar-refractivity contribution in [2.24, 2.45) is 0 Å². The summed E-state index contributed by atoms with van der Waals surface area (Å²) in [6, 6.07) is 0. The SMILES string of the molecule is CC.CC(O)C1=CCC=CC=C1.